The van der Waals surface area contributed by atoms with Crippen LogP contribution in [0.25, 0.3) is 0 Å². The maximum Gasteiger partial charge on any atom is 0.334 e. The van der Waals surface area contributed by atoms with E-state index in [0.29, 0.717) is 18.4 Å². The van der Waals surface area contributed by atoms with E-state index in [1.165, 1.54) is 0 Å². The van der Waals surface area contributed by atoms with Gasteiger partial charge in [-0.15, -0.1) is 0 Å². The molecule has 106 valence electrons. The lowest BCUT2D eigenvalue weighted by molar-refractivity contribution is -0.137. The number of fused-ring (bicyclic) bond motifs is 1. The first-order valence-electron chi connectivity index (χ1n) is 6.83. The van der Waals surface area contributed by atoms with E-state index in [1.807, 2.05) is 19.9 Å². The molecule has 2 rings (SSSR count). The van der Waals surface area contributed by atoms with Crippen molar-refractivity contribution >= 4 is 5.97 Å². The van der Waals surface area contributed by atoms with Crippen LogP contribution >= 0.6 is 0 Å². The van der Waals surface area contributed by atoms with E-state index in [1.54, 1.807) is 0 Å². The van der Waals surface area contributed by atoms with Crippen molar-refractivity contribution in [2.75, 3.05) is 0 Å². The highest BCUT2D eigenvalue weighted by Crippen LogP contribution is 2.35. The van der Waals surface area contributed by atoms with Gasteiger partial charge in [-0.05, 0) is 32.3 Å². The average molecular weight is 266 g/mol. The van der Waals surface area contributed by atoms with E-state index in [9.17, 15) is 15.0 Å². The van der Waals surface area contributed by atoms with Crippen LogP contribution in [0.3, 0.4) is 0 Å². The highest BCUT2D eigenvalue weighted by atomic mass is 16.6. The summed E-state index contributed by atoms with van der Waals surface area (Å²) in [5.41, 5.74) is 1.52. The van der Waals surface area contributed by atoms with Gasteiger partial charge in [0.1, 0.15) is 6.10 Å². The van der Waals surface area contributed by atoms with Crippen molar-refractivity contribution in [3.05, 3.63) is 23.8 Å². The minimum absolute atomic E-state index is 0.190. The van der Waals surface area contributed by atoms with Gasteiger partial charge in [-0.3, -0.25) is 0 Å². The fourth-order valence-electron chi connectivity index (χ4n) is 2.79. The Morgan fingerprint density at radius 3 is 2.74 bits per heavy atom. The molecule has 0 amide bonds. The highest BCUT2D eigenvalue weighted by molar-refractivity contribution is 5.91. The summed E-state index contributed by atoms with van der Waals surface area (Å²) in [6, 6.07) is 0. The van der Waals surface area contributed by atoms with Gasteiger partial charge >= 0.3 is 5.97 Å². The predicted molar refractivity (Wildman–Crippen MR) is 71.3 cm³/mol. The van der Waals surface area contributed by atoms with Crippen molar-refractivity contribution in [3.63, 3.8) is 0 Å². The molecule has 4 nitrogen and oxygen atoms in total. The summed E-state index contributed by atoms with van der Waals surface area (Å²) >= 11 is 0. The molecule has 0 aromatic carbocycles. The van der Waals surface area contributed by atoms with Crippen molar-refractivity contribution in [1.29, 1.82) is 0 Å². The maximum absolute atomic E-state index is 11.6. The smallest absolute Gasteiger partial charge is 0.334 e. The van der Waals surface area contributed by atoms with Gasteiger partial charge in [0, 0.05) is 17.4 Å². The summed E-state index contributed by atoms with van der Waals surface area (Å²) in [6.45, 7) is 7.58. The number of ether oxygens (including phenoxy) is 1. The minimum Gasteiger partial charge on any atom is -0.454 e. The number of aliphatic hydroxyl groups is 2. The Bertz CT molecular complexity index is 412. The fraction of sp³-hybridized carbons (Fsp3) is 0.667. The molecule has 0 aromatic heterocycles. The first kappa shape index (κ1) is 14.3. The largest absolute Gasteiger partial charge is 0.454 e. The SMILES string of the molecule is C=C1C(=O)OC2C=C(C)CCC(O)C(C)C(O)CC12. The molecule has 0 aromatic rings. The van der Waals surface area contributed by atoms with E-state index in [2.05, 4.69) is 6.58 Å². The zero-order valence-corrected chi connectivity index (χ0v) is 11.5. The molecule has 4 heteroatoms. The first-order chi connectivity index (χ1) is 8.90. The Morgan fingerprint density at radius 1 is 1.37 bits per heavy atom. The van der Waals surface area contributed by atoms with Gasteiger partial charge in [-0.25, -0.2) is 4.79 Å². The van der Waals surface area contributed by atoms with Crippen molar-refractivity contribution in [3.8, 4) is 0 Å². The number of rotatable bonds is 0. The van der Waals surface area contributed by atoms with Gasteiger partial charge in [-0.1, -0.05) is 19.1 Å². The third-order valence-corrected chi connectivity index (χ3v) is 4.34. The van der Waals surface area contributed by atoms with Crippen LogP contribution in [0.5, 0.6) is 0 Å². The first-order valence-corrected chi connectivity index (χ1v) is 6.83. The summed E-state index contributed by atoms with van der Waals surface area (Å²) in [4.78, 5) is 11.6. The van der Waals surface area contributed by atoms with Crippen LogP contribution in [-0.4, -0.2) is 34.5 Å². The third kappa shape index (κ3) is 2.90. The third-order valence-electron chi connectivity index (χ3n) is 4.34. The van der Waals surface area contributed by atoms with Gasteiger partial charge in [0.05, 0.1) is 12.2 Å². The van der Waals surface area contributed by atoms with Crippen LogP contribution in [0, 0.1) is 11.8 Å². The molecular formula is C15H22O4. The second-order valence-corrected chi connectivity index (χ2v) is 5.78. The van der Waals surface area contributed by atoms with Gasteiger partial charge < -0.3 is 14.9 Å². The summed E-state index contributed by atoms with van der Waals surface area (Å²) in [6.07, 6.45) is 2.19. The fourth-order valence-corrected chi connectivity index (χ4v) is 2.79. The summed E-state index contributed by atoms with van der Waals surface area (Å²) in [5.74, 6) is -0.779. The molecule has 2 aliphatic rings. The van der Waals surface area contributed by atoms with E-state index < -0.39 is 12.2 Å². The minimum atomic E-state index is -0.652. The summed E-state index contributed by atoms with van der Waals surface area (Å²) < 4.78 is 5.30. The lowest BCUT2D eigenvalue weighted by Gasteiger charge is -2.28. The topological polar surface area (TPSA) is 66.8 Å². The van der Waals surface area contributed by atoms with Crippen LogP contribution in [0.1, 0.15) is 33.1 Å². The van der Waals surface area contributed by atoms with E-state index in [4.69, 9.17) is 4.74 Å². The number of aliphatic hydroxyl groups excluding tert-OH is 2. The zero-order chi connectivity index (χ0) is 14.2. The Hall–Kier alpha value is -1.13. The second kappa shape index (κ2) is 5.47. The van der Waals surface area contributed by atoms with E-state index in [-0.39, 0.29) is 23.9 Å². The molecule has 1 saturated heterocycles. The molecule has 5 atom stereocenters. The molecule has 0 spiro atoms. The van der Waals surface area contributed by atoms with Crippen LogP contribution in [0.2, 0.25) is 0 Å². The Labute approximate surface area is 113 Å². The zero-order valence-electron chi connectivity index (χ0n) is 11.5. The van der Waals surface area contributed by atoms with Crippen molar-refractivity contribution in [2.24, 2.45) is 11.8 Å². The molecule has 1 fully saturated rings. The lowest BCUT2D eigenvalue weighted by atomic mass is 9.82. The monoisotopic (exact) mass is 266 g/mol. The van der Waals surface area contributed by atoms with Crippen molar-refractivity contribution in [1.82, 2.24) is 0 Å². The Kier molecular flexibility index (Phi) is 4.11. The van der Waals surface area contributed by atoms with Gasteiger partial charge in [0.25, 0.3) is 0 Å². The quantitative estimate of drug-likeness (QED) is 0.397. The lowest BCUT2D eigenvalue weighted by Crippen LogP contribution is -2.33. The van der Waals surface area contributed by atoms with Gasteiger partial charge in [0.15, 0.2) is 0 Å². The maximum atomic E-state index is 11.6. The molecule has 2 N–H and O–H groups in total. The van der Waals surface area contributed by atoms with Crippen LogP contribution in [0.15, 0.2) is 23.8 Å². The normalized spacial score (nSPS) is 40.4. The number of carbonyl (C=O) groups excluding carboxylic acids is 1. The molecule has 19 heavy (non-hydrogen) atoms. The number of allylic oxidation sites excluding steroid dienone is 1. The highest BCUT2D eigenvalue weighted by Gasteiger charge is 2.40. The number of carbonyl (C=O) groups is 1. The Balaban J connectivity index is 2.28. The van der Waals surface area contributed by atoms with Gasteiger partial charge in [-0.2, -0.15) is 0 Å². The number of esters is 1. The summed E-state index contributed by atoms with van der Waals surface area (Å²) in [5, 5.41) is 20.2. The van der Waals surface area contributed by atoms with Gasteiger partial charge in [0.2, 0.25) is 0 Å². The predicted octanol–water partition coefficient (Wildman–Crippen LogP) is 1.57. The average Bonchev–Trinajstić information content (AvgIpc) is 2.62. The number of hydrogen-bond donors (Lipinski definition) is 2. The molecule has 5 unspecified atom stereocenters. The van der Waals surface area contributed by atoms with Crippen LogP contribution in [-0.2, 0) is 9.53 Å². The van der Waals surface area contributed by atoms with Crippen molar-refractivity contribution in [2.45, 2.75) is 51.4 Å². The number of hydrogen-bond acceptors (Lipinski definition) is 4. The van der Waals surface area contributed by atoms with E-state index >= 15 is 0 Å². The van der Waals surface area contributed by atoms with E-state index in [0.717, 1.165) is 12.0 Å². The molecule has 0 saturated carbocycles. The molecule has 0 radical (unpaired) electrons. The van der Waals surface area contributed by atoms with Crippen molar-refractivity contribution < 1.29 is 19.7 Å². The summed E-state index contributed by atoms with van der Waals surface area (Å²) in [7, 11) is 0. The molecular weight excluding hydrogens is 244 g/mol. The molecule has 1 aliphatic heterocycles. The van der Waals surface area contributed by atoms with Crippen LogP contribution in [0.4, 0.5) is 0 Å². The standard InChI is InChI=1S/C15H22O4/c1-8-4-5-12(16)10(3)13(17)7-11-9(2)15(18)19-14(11)6-8/h6,10-14,16-17H,2,4-5,7H2,1,3H3. The van der Waals surface area contributed by atoms with Crippen LogP contribution < -0.4 is 0 Å². The molecule has 0 bridgehead atoms. The molecule has 1 heterocycles. The Morgan fingerprint density at radius 2 is 2.05 bits per heavy atom. The second-order valence-electron chi connectivity index (χ2n) is 5.78. The molecule has 1 aliphatic carbocycles.